The van der Waals surface area contributed by atoms with Gasteiger partial charge in [-0.1, -0.05) is 18.2 Å². The Kier molecular flexibility index (Phi) is 4.29. The van der Waals surface area contributed by atoms with Gasteiger partial charge in [0.25, 0.3) is 10.0 Å². The summed E-state index contributed by atoms with van der Waals surface area (Å²) in [4.78, 5) is 0.102. The van der Waals surface area contributed by atoms with Crippen molar-refractivity contribution in [3.05, 3.63) is 58.9 Å². The van der Waals surface area contributed by atoms with Gasteiger partial charge >= 0.3 is 0 Å². The molecule has 0 heterocycles. The molecule has 3 N–H and O–H groups in total. The van der Waals surface area contributed by atoms with Crippen LogP contribution in [-0.2, 0) is 16.6 Å². The predicted octanol–water partition coefficient (Wildman–Crippen LogP) is 2.70. The first-order valence-corrected chi connectivity index (χ1v) is 7.91. The molecule has 0 spiro atoms. The minimum atomic E-state index is -3.86. The van der Waals surface area contributed by atoms with E-state index >= 15 is 0 Å². The third-order valence-corrected chi connectivity index (χ3v) is 4.78. The number of nitrogens with two attached hydrogens (primary N) is 1. The van der Waals surface area contributed by atoms with E-state index in [2.05, 4.69) is 4.72 Å². The van der Waals surface area contributed by atoms with Crippen LogP contribution >= 0.6 is 0 Å². The van der Waals surface area contributed by atoms with Gasteiger partial charge in [0.2, 0.25) is 0 Å². The van der Waals surface area contributed by atoms with Crippen LogP contribution in [-0.4, -0.2) is 8.42 Å². The average molecular weight is 308 g/mol. The Morgan fingerprint density at radius 1 is 1.19 bits per heavy atom. The van der Waals surface area contributed by atoms with Gasteiger partial charge in [0.15, 0.2) is 0 Å². The molecule has 0 fully saturated rings. The Morgan fingerprint density at radius 3 is 2.52 bits per heavy atom. The minimum absolute atomic E-state index is 0.0712. The van der Waals surface area contributed by atoms with Gasteiger partial charge in [-0.3, -0.25) is 4.72 Å². The number of aryl methyl sites for hydroxylation is 1. The Hall–Kier alpha value is -1.92. The van der Waals surface area contributed by atoms with Crippen molar-refractivity contribution < 1.29 is 12.8 Å². The van der Waals surface area contributed by atoms with Crippen LogP contribution in [0.1, 0.15) is 16.7 Å². The fourth-order valence-corrected chi connectivity index (χ4v) is 3.43. The normalized spacial score (nSPS) is 11.4. The Labute approximate surface area is 123 Å². The molecule has 0 saturated heterocycles. The van der Waals surface area contributed by atoms with Crippen molar-refractivity contribution in [2.24, 2.45) is 5.73 Å². The van der Waals surface area contributed by atoms with Crippen molar-refractivity contribution >= 4 is 15.7 Å². The quantitative estimate of drug-likeness (QED) is 0.912. The molecular formula is C15H17FN2O2S. The van der Waals surface area contributed by atoms with Crippen LogP contribution in [0.5, 0.6) is 0 Å². The number of sulfonamides is 1. The first kappa shape index (κ1) is 15.5. The second-order valence-corrected chi connectivity index (χ2v) is 6.48. The molecule has 21 heavy (non-hydrogen) atoms. The fraction of sp³-hybridized carbons (Fsp3) is 0.200. The molecule has 0 bridgehead atoms. The summed E-state index contributed by atoms with van der Waals surface area (Å²) in [5, 5.41) is 0. The van der Waals surface area contributed by atoms with E-state index in [0.717, 1.165) is 11.1 Å². The zero-order valence-electron chi connectivity index (χ0n) is 11.9. The van der Waals surface area contributed by atoms with Crippen LogP contribution in [0.3, 0.4) is 0 Å². The van der Waals surface area contributed by atoms with E-state index in [4.69, 9.17) is 5.73 Å². The summed E-state index contributed by atoms with van der Waals surface area (Å²) < 4.78 is 40.9. The van der Waals surface area contributed by atoms with Crippen molar-refractivity contribution in [2.45, 2.75) is 25.3 Å². The van der Waals surface area contributed by atoms with Crippen LogP contribution < -0.4 is 10.5 Å². The molecule has 4 nitrogen and oxygen atoms in total. The molecule has 2 aromatic carbocycles. The van der Waals surface area contributed by atoms with Crippen LogP contribution in [0.25, 0.3) is 0 Å². The number of anilines is 1. The molecule has 0 aliphatic heterocycles. The molecule has 2 rings (SSSR count). The van der Waals surface area contributed by atoms with Gasteiger partial charge < -0.3 is 5.73 Å². The van der Waals surface area contributed by atoms with E-state index in [0.29, 0.717) is 5.56 Å². The number of benzene rings is 2. The lowest BCUT2D eigenvalue weighted by molar-refractivity contribution is 0.597. The van der Waals surface area contributed by atoms with Gasteiger partial charge in [-0.25, -0.2) is 12.8 Å². The molecule has 0 aromatic heterocycles. The van der Waals surface area contributed by atoms with Crippen LogP contribution in [0.2, 0.25) is 0 Å². The van der Waals surface area contributed by atoms with E-state index < -0.39 is 15.8 Å². The number of hydrogen-bond acceptors (Lipinski definition) is 3. The van der Waals surface area contributed by atoms with Gasteiger partial charge in [0.1, 0.15) is 5.82 Å². The molecule has 112 valence electrons. The first-order chi connectivity index (χ1) is 9.85. The van der Waals surface area contributed by atoms with Crippen molar-refractivity contribution in [3.8, 4) is 0 Å². The summed E-state index contributed by atoms with van der Waals surface area (Å²) >= 11 is 0. The van der Waals surface area contributed by atoms with Gasteiger partial charge in [-0.05, 0) is 48.7 Å². The van der Waals surface area contributed by atoms with Crippen LogP contribution in [0.4, 0.5) is 10.1 Å². The second kappa shape index (κ2) is 5.83. The Balaban J connectivity index is 2.43. The Morgan fingerprint density at radius 2 is 1.90 bits per heavy atom. The largest absolute Gasteiger partial charge is 0.326 e. The molecule has 6 heteroatoms. The number of nitrogens with one attached hydrogen (secondary N) is 1. The molecule has 0 aliphatic rings. The van der Waals surface area contributed by atoms with E-state index in [-0.39, 0.29) is 17.1 Å². The molecule has 2 aromatic rings. The molecule has 0 atom stereocenters. The molecule has 0 amide bonds. The Bertz CT molecular complexity index is 773. The van der Waals surface area contributed by atoms with Gasteiger partial charge in [-0.2, -0.15) is 0 Å². The van der Waals surface area contributed by atoms with E-state index in [1.165, 1.54) is 18.2 Å². The van der Waals surface area contributed by atoms with E-state index in [1.807, 2.05) is 0 Å². The van der Waals surface area contributed by atoms with Gasteiger partial charge in [-0.15, -0.1) is 0 Å². The van der Waals surface area contributed by atoms with E-state index in [9.17, 15) is 12.8 Å². The minimum Gasteiger partial charge on any atom is -0.326 e. The molecular weight excluding hydrogens is 291 g/mol. The summed E-state index contributed by atoms with van der Waals surface area (Å²) in [6.45, 7) is 3.66. The number of halogens is 1. The summed E-state index contributed by atoms with van der Waals surface area (Å²) in [6, 6.07) is 9.19. The maximum Gasteiger partial charge on any atom is 0.262 e. The van der Waals surface area contributed by atoms with E-state index in [1.54, 1.807) is 32.0 Å². The van der Waals surface area contributed by atoms with Gasteiger partial charge in [0, 0.05) is 6.54 Å². The average Bonchev–Trinajstić information content (AvgIpc) is 2.42. The maximum absolute atomic E-state index is 13.8. The van der Waals surface area contributed by atoms with Crippen LogP contribution in [0.15, 0.2) is 41.3 Å². The SMILES string of the molecule is Cc1ccc(NS(=O)(=O)c2cccc(CN)c2C)c(F)c1. The lowest BCUT2D eigenvalue weighted by atomic mass is 10.1. The number of rotatable bonds is 4. The lowest BCUT2D eigenvalue weighted by Crippen LogP contribution is -2.16. The fourth-order valence-electron chi connectivity index (χ4n) is 2.07. The summed E-state index contributed by atoms with van der Waals surface area (Å²) in [6.07, 6.45) is 0. The highest BCUT2D eigenvalue weighted by Crippen LogP contribution is 2.23. The third kappa shape index (κ3) is 3.22. The highest BCUT2D eigenvalue weighted by Gasteiger charge is 2.19. The molecule has 0 unspecified atom stereocenters. The maximum atomic E-state index is 13.8. The predicted molar refractivity (Wildman–Crippen MR) is 81.0 cm³/mol. The smallest absolute Gasteiger partial charge is 0.262 e. The second-order valence-electron chi connectivity index (χ2n) is 4.83. The molecule has 0 saturated carbocycles. The zero-order valence-corrected chi connectivity index (χ0v) is 12.7. The van der Waals surface area contributed by atoms with Crippen molar-refractivity contribution in [2.75, 3.05) is 4.72 Å². The summed E-state index contributed by atoms with van der Waals surface area (Å²) in [5.74, 6) is -0.605. The summed E-state index contributed by atoms with van der Waals surface area (Å²) in [7, 11) is -3.86. The molecule has 0 radical (unpaired) electrons. The highest BCUT2D eigenvalue weighted by molar-refractivity contribution is 7.92. The van der Waals surface area contributed by atoms with Gasteiger partial charge in [0.05, 0.1) is 10.6 Å². The van der Waals surface area contributed by atoms with Crippen molar-refractivity contribution in [3.63, 3.8) is 0 Å². The summed E-state index contributed by atoms with van der Waals surface area (Å²) in [5.41, 5.74) is 7.54. The highest BCUT2D eigenvalue weighted by atomic mass is 32.2. The topological polar surface area (TPSA) is 72.2 Å². The standard InChI is InChI=1S/C15H17FN2O2S/c1-10-6-7-14(13(16)8-10)18-21(19,20)15-5-3-4-12(9-17)11(15)2/h3-8,18H,9,17H2,1-2H3. The van der Waals surface area contributed by atoms with Crippen molar-refractivity contribution in [1.29, 1.82) is 0 Å². The monoisotopic (exact) mass is 308 g/mol. The van der Waals surface area contributed by atoms with Crippen LogP contribution in [0, 0.1) is 19.7 Å². The first-order valence-electron chi connectivity index (χ1n) is 6.42. The third-order valence-electron chi connectivity index (χ3n) is 3.27. The van der Waals surface area contributed by atoms with Crippen molar-refractivity contribution in [1.82, 2.24) is 0 Å². The zero-order chi connectivity index (χ0) is 15.6. The number of hydrogen-bond donors (Lipinski definition) is 2. The molecule has 0 aliphatic carbocycles. The lowest BCUT2D eigenvalue weighted by Gasteiger charge is -2.13.